The number of nitrogens with one attached hydrogen (secondary N) is 1. The molecule has 1 aromatic carbocycles. The summed E-state index contributed by atoms with van der Waals surface area (Å²) in [6, 6.07) is 7.53. The van der Waals surface area contributed by atoms with Crippen LogP contribution >= 0.6 is 0 Å². The first-order valence-electron chi connectivity index (χ1n) is 6.17. The van der Waals surface area contributed by atoms with Crippen molar-refractivity contribution < 1.29 is 9.90 Å². The summed E-state index contributed by atoms with van der Waals surface area (Å²) in [4.78, 5) is 19.9. The minimum absolute atomic E-state index is 0.403. The first-order valence-corrected chi connectivity index (χ1v) is 6.17. The van der Waals surface area contributed by atoms with Gasteiger partial charge in [-0.1, -0.05) is 31.9 Å². The summed E-state index contributed by atoms with van der Waals surface area (Å²) >= 11 is 0. The van der Waals surface area contributed by atoms with Crippen molar-refractivity contribution >= 4 is 23.1 Å². The van der Waals surface area contributed by atoms with Crippen molar-refractivity contribution in [2.45, 2.75) is 26.2 Å². The van der Waals surface area contributed by atoms with E-state index in [1.54, 1.807) is 0 Å². The highest BCUT2D eigenvalue weighted by Gasteiger charge is 2.17. The maximum Gasteiger partial charge on any atom is 0.414 e. The number of aromatic amines is 1. The Labute approximate surface area is 105 Å². The number of hydrogen-bond donors (Lipinski definition) is 2. The van der Waals surface area contributed by atoms with E-state index in [1.807, 2.05) is 24.3 Å². The third-order valence-electron chi connectivity index (χ3n) is 2.85. The molecule has 0 aliphatic heterocycles. The summed E-state index contributed by atoms with van der Waals surface area (Å²) in [5.41, 5.74) is 1.64. The SMILES string of the molecule is CCCCCN(C(=O)O)c1nc2ccccc2[nH]1. The van der Waals surface area contributed by atoms with Gasteiger partial charge in [-0.15, -0.1) is 0 Å². The fourth-order valence-corrected chi connectivity index (χ4v) is 1.88. The van der Waals surface area contributed by atoms with E-state index in [4.69, 9.17) is 0 Å². The normalized spacial score (nSPS) is 10.7. The van der Waals surface area contributed by atoms with Crippen LogP contribution in [-0.4, -0.2) is 27.7 Å². The Hall–Kier alpha value is -2.04. The number of para-hydroxylation sites is 2. The number of unbranched alkanes of at least 4 members (excludes halogenated alkanes) is 2. The zero-order valence-corrected chi connectivity index (χ0v) is 10.4. The average Bonchev–Trinajstić information content (AvgIpc) is 2.77. The van der Waals surface area contributed by atoms with Crippen molar-refractivity contribution in [3.8, 4) is 0 Å². The molecule has 2 N–H and O–H groups in total. The van der Waals surface area contributed by atoms with E-state index in [2.05, 4.69) is 16.9 Å². The molecule has 2 aromatic rings. The lowest BCUT2D eigenvalue weighted by Crippen LogP contribution is -2.31. The molecule has 1 amide bonds. The van der Waals surface area contributed by atoms with E-state index in [0.29, 0.717) is 12.5 Å². The molecule has 0 spiro atoms. The highest BCUT2D eigenvalue weighted by atomic mass is 16.4. The molecule has 5 heteroatoms. The lowest BCUT2D eigenvalue weighted by Gasteiger charge is -2.15. The number of anilines is 1. The van der Waals surface area contributed by atoms with Crippen LogP contribution in [-0.2, 0) is 0 Å². The van der Waals surface area contributed by atoms with Crippen LogP contribution in [0.15, 0.2) is 24.3 Å². The van der Waals surface area contributed by atoms with Gasteiger partial charge in [0.05, 0.1) is 11.0 Å². The number of carboxylic acid groups (broad SMARTS) is 1. The Morgan fingerprint density at radius 2 is 2.17 bits per heavy atom. The van der Waals surface area contributed by atoms with Crippen molar-refractivity contribution in [2.24, 2.45) is 0 Å². The number of rotatable bonds is 5. The van der Waals surface area contributed by atoms with Crippen molar-refractivity contribution in [3.63, 3.8) is 0 Å². The Balaban J connectivity index is 2.21. The summed E-state index contributed by atoms with van der Waals surface area (Å²) in [6.07, 6.45) is 1.96. The highest BCUT2D eigenvalue weighted by molar-refractivity contribution is 5.87. The fourth-order valence-electron chi connectivity index (χ4n) is 1.88. The number of benzene rings is 1. The van der Waals surface area contributed by atoms with Crippen LogP contribution in [0.4, 0.5) is 10.7 Å². The predicted molar refractivity (Wildman–Crippen MR) is 71.0 cm³/mol. The zero-order valence-electron chi connectivity index (χ0n) is 10.4. The third kappa shape index (κ3) is 2.61. The Bertz CT molecular complexity index is 503. The maximum atomic E-state index is 11.2. The molecule has 0 atom stereocenters. The largest absolute Gasteiger partial charge is 0.465 e. The third-order valence-corrected chi connectivity index (χ3v) is 2.85. The molecule has 0 bridgehead atoms. The predicted octanol–water partition coefficient (Wildman–Crippen LogP) is 3.24. The van der Waals surface area contributed by atoms with E-state index in [1.165, 1.54) is 4.90 Å². The Morgan fingerprint density at radius 1 is 1.39 bits per heavy atom. The maximum absolute atomic E-state index is 11.2. The molecule has 2 rings (SSSR count). The summed E-state index contributed by atoms with van der Waals surface area (Å²) in [6.45, 7) is 2.56. The Morgan fingerprint density at radius 3 is 2.83 bits per heavy atom. The first kappa shape index (κ1) is 12.4. The van der Waals surface area contributed by atoms with Gasteiger partial charge >= 0.3 is 6.09 Å². The summed E-state index contributed by atoms with van der Waals surface area (Å²) in [7, 11) is 0. The molecule has 0 unspecified atom stereocenters. The number of aromatic nitrogens is 2. The number of hydrogen-bond acceptors (Lipinski definition) is 2. The lowest BCUT2D eigenvalue weighted by molar-refractivity contribution is 0.201. The van der Waals surface area contributed by atoms with Crippen LogP contribution < -0.4 is 4.90 Å². The van der Waals surface area contributed by atoms with Gasteiger partial charge in [0.2, 0.25) is 5.95 Å². The molecule has 5 nitrogen and oxygen atoms in total. The minimum Gasteiger partial charge on any atom is -0.465 e. The number of H-pyrrole nitrogens is 1. The van der Waals surface area contributed by atoms with E-state index in [-0.39, 0.29) is 0 Å². The van der Waals surface area contributed by atoms with E-state index in [0.717, 1.165) is 30.3 Å². The molecular formula is C13H17N3O2. The van der Waals surface area contributed by atoms with Crippen LogP contribution in [0.25, 0.3) is 11.0 Å². The number of imidazole rings is 1. The minimum atomic E-state index is -0.967. The van der Waals surface area contributed by atoms with Crippen LogP contribution in [0.3, 0.4) is 0 Å². The van der Waals surface area contributed by atoms with Crippen LogP contribution in [0.5, 0.6) is 0 Å². The van der Waals surface area contributed by atoms with Gasteiger partial charge in [-0.25, -0.2) is 14.7 Å². The zero-order chi connectivity index (χ0) is 13.0. The second-order valence-corrected chi connectivity index (χ2v) is 4.22. The number of fused-ring (bicyclic) bond motifs is 1. The second-order valence-electron chi connectivity index (χ2n) is 4.22. The van der Waals surface area contributed by atoms with Crippen molar-refractivity contribution in [3.05, 3.63) is 24.3 Å². The summed E-state index contributed by atoms with van der Waals surface area (Å²) < 4.78 is 0. The van der Waals surface area contributed by atoms with Gasteiger partial charge in [0.1, 0.15) is 0 Å². The molecule has 18 heavy (non-hydrogen) atoms. The molecular weight excluding hydrogens is 230 g/mol. The van der Waals surface area contributed by atoms with Gasteiger partial charge in [-0.3, -0.25) is 0 Å². The molecule has 0 fully saturated rings. The molecule has 0 aliphatic carbocycles. The van der Waals surface area contributed by atoms with Gasteiger partial charge in [0.25, 0.3) is 0 Å². The summed E-state index contributed by atoms with van der Waals surface area (Å²) in [5, 5.41) is 9.22. The van der Waals surface area contributed by atoms with Crippen molar-refractivity contribution in [1.82, 2.24) is 9.97 Å². The van der Waals surface area contributed by atoms with Gasteiger partial charge in [-0.2, -0.15) is 0 Å². The molecule has 0 aliphatic rings. The fraction of sp³-hybridized carbons (Fsp3) is 0.385. The van der Waals surface area contributed by atoms with Gasteiger partial charge in [0.15, 0.2) is 0 Å². The lowest BCUT2D eigenvalue weighted by atomic mass is 10.2. The van der Waals surface area contributed by atoms with Crippen LogP contribution in [0.2, 0.25) is 0 Å². The van der Waals surface area contributed by atoms with E-state index < -0.39 is 6.09 Å². The monoisotopic (exact) mass is 247 g/mol. The average molecular weight is 247 g/mol. The molecule has 1 aromatic heterocycles. The van der Waals surface area contributed by atoms with E-state index in [9.17, 15) is 9.90 Å². The highest BCUT2D eigenvalue weighted by Crippen LogP contribution is 2.17. The summed E-state index contributed by atoms with van der Waals surface area (Å²) in [5.74, 6) is 0.403. The van der Waals surface area contributed by atoms with Crippen LogP contribution in [0, 0.1) is 0 Å². The van der Waals surface area contributed by atoms with Gasteiger partial charge < -0.3 is 10.1 Å². The Kier molecular flexibility index (Phi) is 3.82. The van der Waals surface area contributed by atoms with Gasteiger partial charge in [0, 0.05) is 6.54 Å². The molecule has 0 saturated carbocycles. The second kappa shape index (κ2) is 5.53. The van der Waals surface area contributed by atoms with Crippen LogP contribution in [0.1, 0.15) is 26.2 Å². The first-order chi connectivity index (χ1) is 8.72. The number of amides is 1. The molecule has 96 valence electrons. The van der Waals surface area contributed by atoms with Crippen molar-refractivity contribution in [2.75, 3.05) is 11.4 Å². The van der Waals surface area contributed by atoms with Crippen molar-refractivity contribution in [1.29, 1.82) is 0 Å². The topological polar surface area (TPSA) is 69.2 Å². The number of nitrogens with zero attached hydrogens (tertiary/aromatic N) is 2. The standard InChI is InChI=1S/C13H17N3O2/c1-2-3-6-9-16(13(17)18)12-14-10-7-4-5-8-11(10)15-12/h4-5,7-8H,2-3,6,9H2,1H3,(H,14,15)(H,17,18). The molecule has 0 saturated heterocycles. The number of carbonyl (C=O) groups is 1. The quantitative estimate of drug-likeness (QED) is 0.797. The smallest absolute Gasteiger partial charge is 0.414 e. The van der Waals surface area contributed by atoms with Gasteiger partial charge in [-0.05, 0) is 18.6 Å². The molecule has 0 radical (unpaired) electrons. The molecule has 1 heterocycles. The van der Waals surface area contributed by atoms with E-state index >= 15 is 0 Å².